The minimum Gasteiger partial charge on any atom is -0.368 e. The zero-order valence-corrected chi connectivity index (χ0v) is 18.2. The molecule has 0 spiro atoms. The molecule has 2 N–H and O–H groups in total. The van der Waals surface area contributed by atoms with Crippen molar-refractivity contribution < 1.29 is 4.79 Å². The van der Waals surface area contributed by atoms with Crippen molar-refractivity contribution in [2.24, 2.45) is 17.6 Å². The summed E-state index contributed by atoms with van der Waals surface area (Å²) in [5.41, 5.74) is 8.40. The number of aromatic nitrogens is 3. The second kappa shape index (κ2) is 8.45. The van der Waals surface area contributed by atoms with Gasteiger partial charge in [0.05, 0.1) is 11.0 Å². The molecule has 2 fully saturated rings. The maximum atomic E-state index is 13.7. The molecule has 1 amide bonds. The summed E-state index contributed by atoms with van der Waals surface area (Å²) in [5, 5.41) is 0. The lowest BCUT2D eigenvalue weighted by molar-refractivity contribution is -0.135. The molecule has 2 aliphatic rings. The third-order valence-corrected chi connectivity index (χ3v) is 7.67. The predicted octanol–water partition coefficient (Wildman–Crippen LogP) is 5.44. The number of nitrogens with two attached hydrogens (primary N) is 1. The first-order chi connectivity index (χ1) is 15.2. The molecule has 31 heavy (non-hydrogen) atoms. The monoisotopic (exact) mass is 416 g/mol. The SMILES string of the molecule is NC(=O)C(C1CCCCC1)(C1CCCCC1)n1c(-c2ccccn2)nc2ccccc21. The Morgan fingerprint density at radius 3 is 2.06 bits per heavy atom. The van der Waals surface area contributed by atoms with Crippen molar-refractivity contribution in [1.82, 2.24) is 14.5 Å². The summed E-state index contributed by atoms with van der Waals surface area (Å²) >= 11 is 0. The smallest absolute Gasteiger partial charge is 0.244 e. The predicted molar refractivity (Wildman–Crippen MR) is 123 cm³/mol. The van der Waals surface area contributed by atoms with Crippen LogP contribution in [0.15, 0.2) is 48.7 Å². The van der Waals surface area contributed by atoms with Gasteiger partial charge in [-0.1, -0.05) is 56.7 Å². The highest BCUT2D eigenvalue weighted by Gasteiger charge is 2.53. The average molecular weight is 417 g/mol. The van der Waals surface area contributed by atoms with Crippen molar-refractivity contribution in [2.75, 3.05) is 0 Å². The Morgan fingerprint density at radius 2 is 1.48 bits per heavy atom. The molecule has 2 aliphatic carbocycles. The molecule has 0 radical (unpaired) electrons. The lowest BCUT2D eigenvalue weighted by atomic mass is 9.63. The van der Waals surface area contributed by atoms with Gasteiger partial charge in [0.25, 0.3) is 0 Å². The summed E-state index contributed by atoms with van der Waals surface area (Å²) in [6.07, 6.45) is 13.1. The quantitative estimate of drug-likeness (QED) is 0.602. The van der Waals surface area contributed by atoms with Gasteiger partial charge >= 0.3 is 0 Å². The number of benzene rings is 1. The van der Waals surface area contributed by atoms with Gasteiger partial charge in [0.15, 0.2) is 5.82 Å². The second-order valence-electron chi connectivity index (χ2n) is 9.33. The number of carbonyl (C=O) groups is 1. The molecule has 2 heterocycles. The molecule has 0 bridgehead atoms. The molecule has 2 aromatic heterocycles. The molecule has 1 aromatic carbocycles. The first kappa shape index (κ1) is 20.2. The summed E-state index contributed by atoms with van der Waals surface area (Å²) in [6.45, 7) is 0. The molecular formula is C26H32N4O. The van der Waals surface area contributed by atoms with Gasteiger partial charge < -0.3 is 10.3 Å². The summed E-state index contributed by atoms with van der Waals surface area (Å²) in [5.74, 6) is 1.06. The second-order valence-corrected chi connectivity index (χ2v) is 9.33. The molecular weight excluding hydrogens is 384 g/mol. The number of hydrogen-bond donors (Lipinski definition) is 1. The van der Waals surface area contributed by atoms with E-state index >= 15 is 0 Å². The Balaban J connectivity index is 1.83. The highest BCUT2D eigenvalue weighted by Crippen LogP contribution is 2.50. The van der Waals surface area contributed by atoms with Gasteiger partial charge in [0.1, 0.15) is 11.2 Å². The van der Waals surface area contributed by atoms with Gasteiger partial charge in [0.2, 0.25) is 5.91 Å². The number of hydrogen-bond acceptors (Lipinski definition) is 3. The van der Waals surface area contributed by atoms with Gasteiger partial charge in [-0.2, -0.15) is 0 Å². The Hall–Kier alpha value is -2.69. The first-order valence-electron chi connectivity index (χ1n) is 11.9. The molecule has 162 valence electrons. The van der Waals surface area contributed by atoms with Crippen LogP contribution < -0.4 is 5.73 Å². The standard InChI is InChI=1S/C26H32N4O/c27-25(31)26(19-11-3-1-4-12-19,20-13-5-2-6-14-20)30-23-17-8-7-15-21(23)29-24(30)22-16-9-10-18-28-22/h7-10,15-20H,1-6,11-14H2,(H2,27,31). The fourth-order valence-corrected chi connectivity index (χ4v) is 6.36. The van der Waals surface area contributed by atoms with E-state index in [2.05, 4.69) is 15.6 Å². The zero-order valence-electron chi connectivity index (χ0n) is 18.2. The number of fused-ring (bicyclic) bond motifs is 1. The van der Waals surface area contributed by atoms with Crippen molar-refractivity contribution in [1.29, 1.82) is 0 Å². The molecule has 0 saturated heterocycles. The first-order valence-corrected chi connectivity index (χ1v) is 11.9. The number of para-hydroxylation sites is 2. The van der Waals surface area contributed by atoms with Crippen LogP contribution in [-0.4, -0.2) is 20.4 Å². The van der Waals surface area contributed by atoms with Crippen LogP contribution in [0.25, 0.3) is 22.6 Å². The van der Waals surface area contributed by atoms with Crippen molar-refractivity contribution in [2.45, 2.75) is 69.7 Å². The highest BCUT2D eigenvalue weighted by atomic mass is 16.1. The van der Waals surface area contributed by atoms with E-state index < -0.39 is 5.54 Å². The van der Waals surface area contributed by atoms with E-state index in [0.29, 0.717) is 0 Å². The van der Waals surface area contributed by atoms with Gasteiger partial charge in [-0.3, -0.25) is 9.78 Å². The van der Waals surface area contributed by atoms with E-state index in [4.69, 9.17) is 10.7 Å². The zero-order chi connectivity index (χ0) is 21.3. The fraction of sp³-hybridized carbons (Fsp3) is 0.500. The van der Waals surface area contributed by atoms with Gasteiger partial charge in [-0.15, -0.1) is 0 Å². The lowest BCUT2D eigenvalue weighted by Crippen LogP contribution is -2.58. The van der Waals surface area contributed by atoms with E-state index in [-0.39, 0.29) is 17.7 Å². The van der Waals surface area contributed by atoms with Crippen LogP contribution in [-0.2, 0) is 10.3 Å². The number of pyridine rings is 1. The van der Waals surface area contributed by atoms with Crippen molar-refractivity contribution >= 4 is 16.9 Å². The van der Waals surface area contributed by atoms with Gasteiger partial charge in [0, 0.05) is 6.20 Å². The number of rotatable bonds is 5. The normalized spacial score (nSPS) is 19.0. The third-order valence-electron chi connectivity index (χ3n) is 7.67. The van der Waals surface area contributed by atoms with E-state index in [1.165, 1.54) is 12.8 Å². The number of imidazole rings is 1. The molecule has 2 saturated carbocycles. The summed E-state index contributed by atoms with van der Waals surface area (Å²) in [4.78, 5) is 23.3. The number of amides is 1. The van der Waals surface area contributed by atoms with Gasteiger partial charge in [-0.25, -0.2) is 4.98 Å². The van der Waals surface area contributed by atoms with Crippen molar-refractivity contribution in [3.63, 3.8) is 0 Å². The topological polar surface area (TPSA) is 73.8 Å². The third kappa shape index (κ3) is 3.35. The van der Waals surface area contributed by atoms with E-state index in [9.17, 15) is 4.79 Å². The van der Waals surface area contributed by atoms with Crippen molar-refractivity contribution in [3.05, 3.63) is 48.7 Å². The summed E-state index contributed by atoms with van der Waals surface area (Å²) in [6, 6.07) is 14.1. The molecule has 3 aromatic rings. The molecule has 5 rings (SSSR count). The largest absolute Gasteiger partial charge is 0.368 e. The Bertz CT molecular complexity index is 1030. The minimum atomic E-state index is -0.760. The van der Waals surface area contributed by atoms with Crippen LogP contribution in [0.2, 0.25) is 0 Å². The number of primary amides is 1. The van der Waals surface area contributed by atoms with Crippen LogP contribution in [0.1, 0.15) is 64.2 Å². The number of nitrogens with zero attached hydrogens (tertiary/aromatic N) is 3. The lowest BCUT2D eigenvalue weighted by Gasteiger charge is -2.48. The minimum absolute atomic E-state index is 0.188. The molecule has 0 unspecified atom stereocenters. The molecule has 5 nitrogen and oxygen atoms in total. The maximum Gasteiger partial charge on any atom is 0.244 e. The molecule has 0 aliphatic heterocycles. The summed E-state index contributed by atoms with van der Waals surface area (Å²) in [7, 11) is 0. The molecule has 5 heteroatoms. The van der Waals surface area contributed by atoms with E-state index in [1.807, 2.05) is 36.4 Å². The summed E-state index contributed by atoms with van der Waals surface area (Å²) < 4.78 is 2.24. The van der Waals surface area contributed by atoms with E-state index in [1.54, 1.807) is 6.20 Å². The number of carbonyl (C=O) groups excluding carboxylic acids is 1. The van der Waals surface area contributed by atoms with Crippen LogP contribution in [0.3, 0.4) is 0 Å². The van der Waals surface area contributed by atoms with Gasteiger partial charge in [-0.05, 0) is 61.8 Å². The highest BCUT2D eigenvalue weighted by molar-refractivity contribution is 5.89. The Labute approximate surface area is 184 Å². The Morgan fingerprint density at radius 1 is 0.871 bits per heavy atom. The van der Waals surface area contributed by atoms with Crippen LogP contribution >= 0.6 is 0 Å². The van der Waals surface area contributed by atoms with Crippen LogP contribution in [0.5, 0.6) is 0 Å². The van der Waals surface area contributed by atoms with Crippen LogP contribution in [0, 0.1) is 11.8 Å². The maximum absolute atomic E-state index is 13.7. The Kier molecular flexibility index (Phi) is 5.51. The molecule has 0 atom stereocenters. The van der Waals surface area contributed by atoms with Crippen LogP contribution in [0.4, 0.5) is 0 Å². The fourth-order valence-electron chi connectivity index (χ4n) is 6.36. The average Bonchev–Trinajstić information content (AvgIpc) is 3.21. The van der Waals surface area contributed by atoms with E-state index in [0.717, 1.165) is 73.9 Å². The van der Waals surface area contributed by atoms with Crippen molar-refractivity contribution in [3.8, 4) is 11.5 Å².